The van der Waals surface area contributed by atoms with E-state index in [2.05, 4.69) is 22.8 Å². The van der Waals surface area contributed by atoms with E-state index in [-0.39, 0.29) is 12.1 Å². The summed E-state index contributed by atoms with van der Waals surface area (Å²) >= 11 is 12.2. The van der Waals surface area contributed by atoms with Gasteiger partial charge < -0.3 is 10.6 Å². The fraction of sp³-hybridized carbons (Fsp3) is 0.250. The zero-order valence-corrected chi connectivity index (χ0v) is 13.0. The molecule has 4 heteroatoms. The molecule has 2 nitrogen and oxygen atoms in total. The van der Waals surface area contributed by atoms with Gasteiger partial charge in [0.05, 0.1) is 12.1 Å². The maximum atomic E-state index is 6.10. The summed E-state index contributed by atoms with van der Waals surface area (Å²) in [5.41, 5.74) is 2.28. The molecule has 2 atom stereocenters. The molecule has 2 aromatic carbocycles. The summed E-state index contributed by atoms with van der Waals surface area (Å²) in [6.45, 7) is 0. The summed E-state index contributed by atoms with van der Waals surface area (Å²) in [6, 6.07) is 16.0. The van der Waals surface area contributed by atoms with Crippen LogP contribution in [0.25, 0.3) is 0 Å². The second-order valence-corrected chi connectivity index (χ2v) is 5.52. The Morgan fingerprint density at radius 3 is 1.45 bits per heavy atom. The third-order valence-electron chi connectivity index (χ3n) is 3.37. The van der Waals surface area contributed by atoms with Gasteiger partial charge in [0, 0.05) is 10.0 Å². The van der Waals surface area contributed by atoms with Gasteiger partial charge in [0.25, 0.3) is 0 Å². The first kappa shape index (κ1) is 15.3. The van der Waals surface area contributed by atoms with Crippen LogP contribution >= 0.6 is 23.2 Å². The molecular formula is C16H18Cl2N2. The predicted molar refractivity (Wildman–Crippen MR) is 86.5 cm³/mol. The Hall–Kier alpha value is -1.06. The fourth-order valence-electron chi connectivity index (χ4n) is 2.45. The zero-order valence-electron chi connectivity index (χ0n) is 11.5. The molecule has 0 aromatic heterocycles. The minimum Gasteiger partial charge on any atom is -0.311 e. The minimum absolute atomic E-state index is 0.108. The van der Waals surface area contributed by atoms with Crippen molar-refractivity contribution in [3.05, 3.63) is 69.7 Å². The molecule has 0 aliphatic rings. The molecule has 20 heavy (non-hydrogen) atoms. The number of halogens is 2. The standard InChI is InChI=1S/C16H18Cl2N2/c1-19-15(11-5-3-7-13(17)9-11)16(20-2)12-6-4-8-14(18)10-12/h3-10,15-16,19-20H,1-2H3. The molecule has 2 rings (SSSR count). The van der Waals surface area contributed by atoms with Gasteiger partial charge in [0.1, 0.15) is 0 Å². The lowest BCUT2D eigenvalue weighted by atomic mass is 9.93. The van der Waals surface area contributed by atoms with Crippen LogP contribution in [0.4, 0.5) is 0 Å². The van der Waals surface area contributed by atoms with E-state index in [1.807, 2.05) is 50.5 Å². The van der Waals surface area contributed by atoms with Crippen LogP contribution in [-0.2, 0) is 0 Å². The van der Waals surface area contributed by atoms with Crippen molar-refractivity contribution in [1.29, 1.82) is 0 Å². The van der Waals surface area contributed by atoms with E-state index in [0.717, 1.165) is 21.2 Å². The van der Waals surface area contributed by atoms with E-state index in [1.165, 1.54) is 0 Å². The molecular weight excluding hydrogens is 291 g/mol. The molecule has 0 bridgehead atoms. The van der Waals surface area contributed by atoms with Crippen LogP contribution in [0.15, 0.2) is 48.5 Å². The van der Waals surface area contributed by atoms with Crippen molar-refractivity contribution in [3.8, 4) is 0 Å². The van der Waals surface area contributed by atoms with Crippen molar-refractivity contribution in [3.63, 3.8) is 0 Å². The van der Waals surface area contributed by atoms with Crippen molar-refractivity contribution >= 4 is 23.2 Å². The van der Waals surface area contributed by atoms with Gasteiger partial charge in [-0.05, 0) is 49.5 Å². The molecule has 0 amide bonds. The Kier molecular flexibility index (Phi) is 5.44. The van der Waals surface area contributed by atoms with Gasteiger partial charge in [-0.1, -0.05) is 47.5 Å². The summed E-state index contributed by atoms with van der Waals surface area (Å²) in [5, 5.41) is 8.18. The third-order valence-corrected chi connectivity index (χ3v) is 3.84. The van der Waals surface area contributed by atoms with Crippen LogP contribution in [0.3, 0.4) is 0 Å². The first-order chi connectivity index (χ1) is 9.65. The maximum absolute atomic E-state index is 6.10. The highest BCUT2D eigenvalue weighted by Crippen LogP contribution is 2.30. The highest BCUT2D eigenvalue weighted by Gasteiger charge is 2.22. The minimum atomic E-state index is 0.108. The highest BCUT2D eigenvalue weighted by atomic mass is 35.5. The monoisotopic (exact) mass is 308 g/mol. The van der Waals surface area contributed by atoms with Gasteiger partial charge in [0.2, 0.25) is 0 Å². The average Bonchev–Trinajstić information content (AvgIpc) is 2.44. The van der Waals surface area contributed by atoms with Gasteiger partial charge >= 0.3 is 0 Å². The van der Waals surface area contributed by atoms with Crippen LogP contribution < -0.4 is 10.6 Å². The molecule has 0 aliphatic heterocycles. The van der Waals surface area contributed by atoms with E-state index in [9.17, 15) is 0 Å². The molecule has 2 unspecified atom stereocenters. The summed E-state index contributed by atoms with van der Waals surface area (Å²) in [4.78, 5) is 0. The molecule has 0 saturated heterocycles. The van der Waals surface area contributed by atoms with Crippen molar-refractivity contribution in [2.24, 2.45) is 0 Å². The van der Waals surface area contributed by atoms with Gasteiger partial charge in [-0.3, -0.25) is 0 Å². The van der Waals surface area contributed by atoms with Crippen LogP contribution in [0.5, 0.6) is 0 Å². The quantitative estimate of drug-likeness (QED) is 0.864. The fourth-order valence-corrected chi connectivity index (χ4v) is 2.85. The van der Waals surface area contributed by atoms with Gasteiger partial charge in [-0.25, -0.2) is 0 Å². The number of likely N-dealkylation sites (N-methyl/N-ethyl adjacent to an activating group) is 2. The summed E-state index contributed by atoms with van der Waals surface area (Å²) < 4.78 is 0. The lowest BCUT2D eigenvalue weighted by molar-refractivity contribution is 0.432. The van der Waals surface area contributed by atoms with Crippen LogP contribution in [-0.4, -0.2) is 14.1 Å². The first-order valence-electron chi connectivity index (χ1n) is 6.51. The molecule has 0 fully saturated rings. The number of hydrogen-bond acceptors (Lipinski definition) is 2. The molecule has 0 radical (unpaired) electrons. The molecule has 0 aliphatic carbocycles. The third kappa shape index (κ3) is 3.53. The summed E-state index contributed by atoms with van der Waals surface area (Å²) in [6.07, 6.45) is 0. The Morgan fingerprint density at radius 2 is 1.15 bits per heavy atom. The number of rotatable bonds is 5. The summed E-state index contributed by atoms with van der Waals surface area (Å²) in [7, 11) is 3.89. The highest BCUT2D eigenvalue weighted by molar-refractivity contribution is 6.30. The molecule has 2 N–H and O–H groups in total. The van der Waals surface area contributed by atoms with E-state index in [0.29, 0.717) is 0 Å². The van der Waals surface area contributed by atoms with Crippen LogP contribution in [0.1, 0.15) is 23.2 Å². The van der Waals surface area contributed by atoms with Gasteiger partial charge in [-0.2, -0.15) is 0 Å². The molecule has 106 valence electrons. The first-order valence-corrected chi connectivity index (χ1v) is 7.26. The Bertz CT molecular complexity index is 520. The molecule has 0 heterocycles. The SMILES string of the molecule is CNC(c1cccc(Cl)c1)C(NC)c1cccc(Cl)c1. The van der Waals surface area contributed by atoms with E-state index in [4.69, 9.17) is 23.2 Å². The van der Waals surface area contributed by atoms with Crippen molar-refractivity contribution in [2.45, 2.75) is 12.1 Å². The van der Waals surface area contributed by atoms with Crippen LogP contribution in [0.2, 0.25) is 10.0 Å². The van der Waals surface area contributed by atoms with E-state index >= 15 is 0 Å². The molecule has 0 spiro atoms. The second-order valence-electron chi connectivity index (χ2n) is 4.64. The average molecular weight is 309 g/mol. The number of benzene rings is 2. The smallest absolute Gasteiger partial charge is 0.0516 e. The Labute approximate surface area is 130 Å². The van der Waals surface area contributed by atoms with Crippen molar-refractivity contribution < 1.29 is 0 Å². The molecule has 2 aromatic rings. The molecule has 0 saturated carbocycles. The van der Waals surface area contributed by atoms with E-state index < -0.39 is 0 Å². The second kappa shape index (κ2) is 7.09. The van der Waals surface area contributed by atoms with Gasteiger partial charge in [-0.15, -0.1) is 0 Å². The largest absolute Gasteiger partial charge is 0.311 e. The van der Waals surface area contributed by atoms with Gasteiger partial charge in [0.15, 0.2) is 0 Å². The number of nitrogens with one attached hydrogen (secondary N) is 2. The van der Waals surface area contributed by atoms with Crippen molar-refractivity contribution in [1.82, 2.24) is 10.6 Å². The van der Waals surface area contributed by atoms with Crippen molar-refractivity contribution in [2.75, 3.05) is 14.1 Å². The predicted octanol–water partition coefficient (Wildman–Crippen LogP) is 4.21. The lowest BCUT2D eigenvalue weighted by Gasteiger charge is -2.27. The number of hydrogen-bond donors (Lipinski definition) is 2. The Balaban J connectivity index is 2.37. The van der Waals surface area contributed by atoms with Crippen LogP contribution in [0, 0.1) is 0 Å². The topological polar surface area (TPSA) is 24.1 Å². The van der Waals surface area contributed by atoms with E-state index in [1.54, 1.807) is 0 Å². The normalized spacial score (nSPS) is 14.0. The summed E-state index contributed by atoms with van der Waals surface area (Å²) in [5.74, 6) is 0. The Morgan fingerprint density at radius 1 is 0.750 bits per heavy atom. The lowest BCUT2D eigenvalue weighted by Crippen LogP contribution is -2.31. The zero-order chi connectivity index (χ0) is 14.5. The maximum Gasteiger partial charge on any atom is 0.0516 e.